The minimum atomic E-state index is -1.70. The second-order valence-electron chi connectivity index (χ2n) is 6.46. The molecule has 0 bridgehead atoms. The van der Waals surface area contributed by atoms with Crippen LogP contribution in [0.25, 0.3) is 11.1 Å². The number of phenolic OH excluding ortho intramolecular Hbond substituents is 1. The molecular weight excluding hydrogens is 424 g/mol. The Morgan fingerprint density at radius 1 is 1.13 bits per heavy atom. The maximum atomic E-state index is 12.8. The van der Waals surface area contributed by atoms with Gasteiger partial charge in [0, 0.05) is 11.3 Å². The Morgan fingerprint density at radius 3 is 2.73 bits per heavy atom. The van der Waals surface area contributed by atoms with E-state index in [-0.39, 0.29) is 15.7 Å². The van der Waals surface area contributed by atoms with Crippen LogP contribution < -0.4 is 14.8 Å². The number of benzene rings is 3. The zero-order valence-corrected chi connectivity index (χ0v) is 17.8. The van der Waals surface area contributed by atoms with Crippen molar-refractivity contribution in [2.24, 2.45) is 0 Å². The molecule has 1 unspecified atom stereocenters. The molecule has 0 aliphatic carbocycles. The summed E-state index contributed by atoms with van der Waals surface area (Å²) in [5.41, 5.74) is 3.13. The van der Waals surface area contributed by atoms with Gasteiger partial charge in [0.25, 0.3) is 0 Å². The lowest BCUT2D eigenvalue weighted by atomic mass is 10.0. The summed E-state index contributed by atoms with van der Waals surface area (Å²) in [6.45, 7) is 2.56. The van der Waals surface area contributed by atoms with Crippen molar-refractivity contribution in [1.29, 1.82) is 0 Å². The molecule has 0 heterocycles. The minimum absolute atomic E-state index is 0.157. The van der Waals surface area contributed by atoms with Crippen molar-refractivity contribution < 1.29 is 18.8 Å². The third kappa shape index (κ3) is 5.31. The number of hydrogen-bond donors (Lipinski definition) is 3. The average molecular weight is 445 g/mol. The number of ether oxygens (including phenoxy) is 1. The number of halogens is 1. The van der Waals surface area contributed by atoms with Crippen LogP contribution in [0.15, 0.2) is 65.6 Å². The molecule has 1 amide bonds. The van der Waals surface area contributed by atoms with Gasteiger partial charge in [-0.2, -0.15) is 0 Å². The van der Waals surface area contributed by atoms with Gasteiger partial charge in [-0.15, -0.1) is 0 Å². The molecule has 3 aromatic carbocycles. The minimum Gasteiger partial charge on any atom is -0.505 e. The smallest absolute Gasteiger partial charge is 0.207 e. The number of aromatic hydroxyl groups is 1. The highest BCUT2D eigenvalue weighted by molar-refractivity contribution is 7.86. The van der Waals surface area contributed by atoms with Gasteiger partial charge in [0.05, 0.1) is 11.6 Å². The monoisotopic (exact) mass is 444 g/mol. The van der Waals surface area contributed by atoms with Gasteiger partial charge in [-0.1, -0.05) is 41.9 Å². The van der Waals surface area contributed by atoms with Crippen molar-refractivity contribution in [2.45, 2.75) is 11.8 Å². The van der Waals surface area contributed by atoms with Gasteiger partial charge >= 0.3 is 0 Å². The Balaban J connectivity index is 1.82. The fraction of sp³-hybridized carbons (Fsp3) is 0.136. The van der Waals surface area contributed by atoms with Crippen molar-refractivity contribution in [3.63, 3.8) is 0 Å². The molecule has 3 N–H and O–H groups in total. The molecule has 30 heavy (non-hydrogen) atoms. The Bertz CT molecular complexity index is 1070. The molecule has 3 rings (SSSR count). The molecule has 0 aliphatic heterocycles. The third-order valence-electron chi connectivity index (χ3n) is 4.23. The number of nitrogens with one attached hydrogen (secondary N) is 2. The molecule has 0 radical (unpaired) electrons. The van der Waals surface area contributed by atoms with E-state index in [1.807, 2.05) is 49.4 Å². The summed E-state index contributed by atoms with van der Waals surface area (Å²) < 4.78 is 21.5. The predicted molar refractivity (Wildman–Crippen MR) is 119 cm³/mol. The van der Waals surface area contributed by atoms with E-state index in [0.29, 0.717) is 31.0 Å². The van der Waals surface area contributed by atoms with Crippen LogP contribution in [-0.4, -0.2) is 28.9 Å². The standard InChI is InChI=1S/C22H21ClN2O4S/c1-15-11-19(23)22(27)21(12-15)30(28)25-17-6-4-5-16(13-17)18-7-2-3-8-20(18)29-10-9-24-14-26/h2-8,11-14,25,27H,9-10H2,1H3,(H,24,26). The molecule has 1 atom stereocenters. The summed E-state index contributed by atoms with van der Waals surface area (Å²) >= 11 is 6.00. The number of carbonyl (C=O) groups is 1. The number of rotatable bonds is 9. The molecule has 3 aromatic rings. The van der Waals surface area contributed by atoms with Gasteiger partial charge in [-0.05, 0) is 48.4 Å². The lowest BCUT2D eigenvalue weighted by molar-refractivity contribution is -0.109. The van der Waals surface area contributed by atoms with Crippen molar-refractivity contribution in [3.8, 4) is 22.6 Å². The van der Waals surface area contributed by atoms with Crippen molar-refractivity contribution in [1.82, 2.24) is 5.32 Å². The summed E-state index contributed by atoms with van der Waals surface area (Å²) in [7, 11) is -1.70. The van der Waals surface area contributed by atoms with Crippen LogP contribution in [0.2, 0.25) is 5.02 Å². The highest BCUT2D eigenvalue weighted by Crippen LogP contribution is 2.34. The van der Waals surface area contributed by atoms with Crippen molar-refractivity contribution in [3.05, 3.63) is 71.2 Å². The highest BCUT2D eigenvalue weighted by atomic mass is 35.5. The van der Waals surface area contributed by atoms with E-state index in [0.717, 1.165) is 16.7 Å². The Labute approximate surface area is 182 Å². The van der Waals surface area contributed by atoms with Gasteiger partial charge < -0.3 is 19.9 Å². The molecule has 6 nitrogen and oxygen atoms in total. The second-order valence-corrected chi connectivity index (χ2v) is 8.05. The summed E-state index contributed by atoms with van der Waals surface area (Å²) in [6.07, 6.45) is 0.629. The summed E-state index contributed by atoms with van der Waals surface area (Å²) in [4.78, 5) is 10.6. The van der Waals surface area contributed by atoms with Crippen LogP contribution in [0.3, 0.4) is 0 Å². The van der Waals surface area contributed by atoms with Gasteiger partial charge in [-0.3, -0.25) is 4.79 Å². The fourth-order valence-electron chi connectivity index (χ4n) is 2.87. The van der Waals surface area contributed by atoms with Gasteiger partial charge in [0.2, 0.25) is 6.41 Å². The van der Waals surface area contributed by atoms with E-state index < -0.39 is 11.0 Å². The van der Waals surface area contributed by atoms with Crippen LogP contribution in [-0.2, 0) is 15.8 Å². The van der Waals surface area contributed by atoms with E-state index in [1.54, 1.807) is 18.2 Å². The lowest BCUT2D eigenvalue weighted by Gasteiger charge is -2.13. The maximum absolute atomic E-state index is 12.8. The van der Waals surface area contributed by atoms with Gasteiger partial charge in [-0.25, -0.2) is 4.21 Å². The normalized spacial score (nSPS) is 11.5. The van der Waals surface area contributed by atoms with Crippen LogP contribution in [0, 0.1) is 6.92 Å². The first-order valence-electron chi connectivity index (χ1n) is 9.16. The maximum Gasteiger partial charge on any atom is 0.207 e. The highest BCUT2D eigenvalue weighted by Gasteiger charge is 2.14. The van der Waals surface area contributed by atoms with E-state index in [2.05, 4.69) is 10.0 Å². The second kappa shape index (κ2) is 10.1. The molecular formula is C22H21ClN2O4S. The first-order chi connectivity index (χ1) is 14.5. The quantitative estimate of drug-likeness (QED) is 0.339. The Hall–Kier alpha value is -3.03. The number of carbonyl (C=O) groups excluding carboxylic acids is 1. The molecule has 0 aromatic heterocycles. The summed E-state index contributed by atoms with van der Waals surface area (Å²) in [6, 6.07) is 18.2. The van der Waals surface area contributed by atoms with E-state index in [9.17, 15) is 14.1 Å². The predicted octanol–water partition coefficient (Wildman–Crippen LogP) is 4.28. The first-order valence-corrected chi connectivity index (χ1v) is 10.7. The van der Waals surface area contributed by atoms with E-state index in [4.69, 9.17) is 16.3 Å². The van der Waals surface area contributed by atoms with Crippen LogP contribution in [0.4, 0.5) is 5.69 Å². The van der Waals surface area contributed by atoms with E-state index >= 15 is 0 Å². The SMILES string of the molecule is Cc1cc(Cl)c(O)c(S(=O)Nc2cccc(-c3ccccc3OCCNC=O)c2)c1. The Morgan fingerprint density at radius 2 is 1.93 bits per heavy atom. The number of aryl methyl sites for hydroxylation is 1. The summed E-state index contributed by atoms with van der Waals surface area (Å²) in [5.74, 6) is 0.471. The van der Waals surface area contributed by atoms with Crippen molar-refractivity contribution in [2.75, 3.05) is 17.9 Å². The number of hydrogen-bond acceptors (Lipinski definition) is 4. The third-order valence-corrected chi connectivity index (χ3v) is 5.65. The first kappa shape index (κ1) is 21.7. The largest absolute Gasteiger partial charge is 0.505 e. The molecule has 0 fully saturated rings. The zero-order valence-electron chi connectivity index (χ0n) is 16.2. The lowest BCUT2D eigenvalue weighted by Crippen LogP contribution is -2.19. The van der Waals surface area contributed by atoms with Crippen LogP contribution >= 0.6 is 11.6 Å². The number of anilines is 1. The number of phenols is 1. The molecule has 156 valence electrons. The van der Waals surface area contributed by atoms with Gasteiger partial charge in [0.15, 0.2) is 16.7 Å². The van der Waals surface area contributed by atoms with Crippen LogP contribution in [0.5, 0.6) is 11.5 Å². The average Bonchev–Trinajstić information content (AvgIpc) is 2.74. The topological polar surface area (TPSA) is 87.7 Å². The number of amides is 1. The number of para-hydroxylation sites is 1. The molecule has 0 saturated carbocycles. The molecule has 0 aliphatic rings. The zero-order chi connectivity index (χ0) is 21.5. The van der Waals surface area contributed by atoms with E-state index in [1.165, 1.54) is 0 Å². The van der Waals surface area contributed by atoms with Crippen molar-refractivity contribution >= 4 is 34.7 Å². The van der Waals surface area contributed by atoms with Crippen LogP contribution in [0.1, 0.15) is 5.56 Å². The molecule has 8 heteroatoms. The Kier molecular flexibility index (Phi) is 7.32. The van der Waals surface area contributed by atoms with Gasteiger partial charge in [0.1, 0.15) is 17.3 Å². The fourth-order valence-corrected chi connectivity index (χ4v) is 4.23. The molecule has 0 spiro atoms. The summed E-state index contributed by atoms with van der Waals surface area (Å²) in [5, 5.41) is 12.9. The molecule has 0 saturated heterocycles.